The van der Waals surface area contributed by atoms with Crippen molar-refractivity contribution < 1.29 is 28.6 Å². The topological polar surface area (TPSA) is 106 Å². The van der Waals surface area contributed by atoms with E-state index in [1.807, 2.05) is 6.07 Å². The molecule has 136 valence electrons. The molecule has 0 saturated carbocycles. The van der Waals surface area contributed by atoms with Crippen molar-refractivity contribution in [3.63, 3.8) is 0 Å². The van der Waals surface area contributed by atoms with E-state index in [1.165, 1.54) is 19.3 Å². The summed E-state index contributed by atoms with van der Waals surface area (Å²) in [6, 6.07) is 6.78. The number of benzene rings is 1. The van der Waals surface area contributed by atoms with Gasteiger partial charge in [0.05, 0.1) is 7.11 Å². The van der Waals surface area contributed by atoms with Crippen LogP contribution in [0.4, 0.5) is 0 Å². The van der Waals surface area contributed by atoms with Crippen LogP contribution in [0, 0.1) is 11.3 Å². The average molecular weight is 358 g/mol. The van der Waals surface area contributed by atoms with Crippen LogP contribution < -0.4 is 9.47 Å². The number of carbonyl (C=O) groups excluding carboxylic acids is 3. The Morgan fingerprint density at radius 3 is 2.81 bits per heavy atom. The van der Waals surface area contributed by atoms with Crippen molar-refractivity contribution in [1.29, 1.82) is 5.26 Å². The lowest BCUT2D eigenvalue weighted by atomic mass is 10.2. The van der Waals surface area contributed by atoms with E-state index in [4.69, 9.17) is 19.5 Å². The largest absolute Gasteiger partial charge is 0.493 e. The van der Waals surface area contributed by atoms with Crippen LogP contribution in [-0.4, -0.2) is 49.6 Å². The lowest BCUT2D eigenvalue weighted by Gasteiger charge is -2.12. The highest BCUT2D eigenvalue weighted by Gasteiger charge is 2.26. The summed E-state index contributed by atoms with van der Waals surface area (Å²) in [6.45, 7) is -0.213. The van der Waals surface area contributed by atoms with E-state index >= 15 is 0 Å². The van der Waals surface area contributed by atoms with Gasteiger partial charge in [-0.15, -0.1) is 0 Å². The summed E-state index contributed by atoms with van der Waals surface area (Å²) < 4.78 is 15.2. The highest BCUT2D eigenvalue weighted by Crippen LogP contribution is 2.28. The second-order valence-corrected chi connectivity index (χ2v) is 5.34. The summed E-state index contributed by atoms with van der Waals surface area (Å²) >= 11 is 0. The minimum Gasteiger partial charge on any atom is -0.493 e. The fourth-order valence-electron chi connectivity index (χ4n) is 2.35. The minimum atomic E-state index is -0.700. The zero-order chi connectivity index (χ0) is 18.9. The Morgan fingerprint density at radius 2 is 2.15 bits per heavy atom. The Balaban J connectivity index is 1.90. The number of ether oxygens (including phenoxy) is 3. The molecule has 8 nitrogen and oxygen atoms in total. The van der Waals surface area contributed by atoms with Crippen LogP contribution in [-0.2, 0) is 19.1 Å². The Labute approximate surface area is 150 Å². The van der Waals surface area contributed by atoms with Crippen LogP contribution in [0.5, 0.6) is 11.5 Å². The number of hydrogen-bond acceptors (Lipinski definition) is 7. The van der Waals surface area contributed by atoms with Gasteiger partial charge in [-0.05, 0) is 30.2 Å². The van der Waals surface area contributed by atoms with Crippen molar-refractivity contribution in [2.75, 3.05) is 26.9 Å². The highest BCUT2D eigenvalue weighted by atomic mass is 16.5. The van der Waals surface area contributed by atoms with Gasteiger partial charge in [-0.1, -0.05) is 6.07 Å². The second kappa shape index (κ2) is 9.22. The summed E-state index contributed by atoms with van der Waals surface area (Å²) in [6.07, 6.45) is 3.64. The van der Waals surface area contributed by atoms with Gasteiger partial charge in [0.1, 0.15) is 6.07 Å². The lowest BCUT2D eigenvalue weighted by Crippen LogP contribution is -2.35. The predicted octanol–water partition coefficient (Wildman–Crippen LogP) is 1.30. The normalized spacial score (nSPS) is 13.5. The fourth-order valence-corrected chi connectivity index (χ4v) is 2.35. The van der Waals surface area contributed by atoms with E-state index in [2.05, 4.69) is 0 Å². The summed E-state index contributed by atoms with van der Waals surface area (Å²) in [7, 11) is 1.46. The Bertz CT molecular complexity index is 765. The number of methoxy groups -OCH3 is 1. The monoisotopic (exact) mass is 358 g/mol. The molecular weight excluding hydrogens is 340 g/mol. The molecule has 1 aliphatic rings. The first-order valence-electron chi connectivity index (χ1n) is 7.91. The molecule has 8 heteroatoms. The molecule has 1 fully saturated rings. The van der Waals surface area contributed by atoms with E-state index in [1.54, 1.807) is 18.2 Å². The molecule has 0 unspecified atom stereocenters. The molecule has 0 N–H and O–H groups in total. The first-order chi connectivity index (χ1) is 12.5. The van der Waals surface area contributed by atoms with Crippen LogP contribution in [0.25, 0.3) is 6.08 Å². The van der Waals surface area contributed by atoms with Gasteiger partial charge < -0.3 is 14.2 Å². The van der Waals surface area contributed by atoms with Crippen molar-refractivity contribution in [2.24, 2.45) is 0 Å². The van der Waals surface area contributed by atoms with Crippen molar-refractivity contribution in [2.45, 2.75) is 12.8 Å². The number of esters is 1. The third-order valence-corrected chi connectivity index (χ3v) is 3.60. The third-order valence-electron chi connectivity index (χ3n) is 3.60. The van der Waals surface area contributed by atoms with Crippen LogP contribution in [0.1, 0.15) is 18.4 Å². The van der Waals surface area contributed by atoms with Crippen molar-refractivity contribution in [3.8, 4) is 17.6 Å². The molecule has 1 saturated heterocycles. The molecule has 0 atom stereocenters. The number of nitriles is 1. The van der Waals surface area contributed by atoms with Crippen LogP contribution in [0.3, 0.4) is 0 Å². The van der Waals surface area contributed by atoms with Gasteiger partial charge in [-0.25, -0.2) is 4.79 Å². The zero-order valence-corrected chi connectivity index (χ0v) is 14.3. The molecular formula is C18H18N2O6. The quantitative estimate of drug-likeness (QED) is 0.534. The molecule has 1 aliphatic heterocycles. The van der Waals surface area contributed by atoms with Gasteiger partial charge in [-0.3, -0.25) is 14.5 Å². The standard InChI is InChI=1S/C18H18N2O6/c1-24-15-11-13(4-6-14(15)25-10-8-19)5-7-18(23)26-12-17(22)20-9-2-3-16(20)21/h4-7,11H,2-3,9-10,12H2,1H3/b7-5+. The fraction of sp³-hybridized carbons (Fsp3) is 0.333. The van der Waals surface area contributed by atoms with E-state index in [0.29, 0.717) is 36.4 Å². The second-order valence-electron chi connectivity index (χ2n) is 5.34. The summed E-state index contributed by atoms with van der Waals surface area (Å²) in [5, 5.41) is 8.54. The molecule has 2 rings (SSSR count). The van der Waals surface area contributed by atoms with Crippen LogP contribution in [0.2, 0.25) is 0 Å². The van der Waals surface area contributed by atoms with E-state index in [0.717, 1.165) is 4.90 Å². The van der Waals surface area contributed by atoms with Gasteiger partial charge in [0, 0.05) is 19.0 Å². The molecule has 0 spiro atoms. The number of imide groups is 1. The first kappa shape index (κ1) is 19.0. The van der Waals surface area contributed by atoms with Gasteiger partial charge in [-0.2, -0.15) is 5.26 Å². The third kappa shape index (κ3) is 5.08. The average Bonchev–Trinajstić information content (AvgIpc) is 3.08. The smallest absolute Gasteiger partial charge is 0.331 e. The van der Waals surface area contributed by atoms with Crippen LogP contribution in [0.15, 0.2) is 24.3 Å². The molecule has 1 aromatic rings. The zero-order valence-electron chi connectivity index (χ0n) is 14.3. The van der Waals surface area contributed by atoms with Gasteiger partial charge in [0.15, 0.2) is 24.7 Å². The minimum absolute atomic E-state index is 0.106. The summed E-state index contributed by atoms with van der Waals surface area (Å²) in [4.78, 5) is 36.1. The molecule has 1 aromatic carbocycles. The maximum atomic E-state index is 11.8. The predicted molar refractivity (Wildman–Crippen MR) is 90.0 cm³/mol. The highest BCUT2D eigenvalue weighted by molar-refractivity contribution is 5.98. The van der Waals surface area contributed by atoms with E-state index < -0.39 is 18.5 Å². The van der Waals surface area contributed by atoms with E-state index in [9.17, 15) is 14.4 Å². The number of amides is 2. The van der Waals surface area contributed by atoms with Crippen LogP contribution >= 0.6 is 0 Å². The first-order valence-corrected chi connectivity index (χ1v) is 7.91. The Morgan fingerprint density at radius 1 is 1.35 bits per heavy atom. The summed E-state index contributed by atoms with van der Waals surface area (Å²) in [5.74, 6) is -0.635. The van der Waals surface area contributed by atoms with Gasteiger partial charge >= 0.3 is 5.97 Å². The number of likely N-dealkylation sites (tertiary alicyclic amines) is 1. The van der Waals surface area contributed by atoms with Gasteiger partial charge in [0.2, 0.25) is 5.91 Å². The lowest BCUT2D eigenvalue weighted by molar-refractivity contribution is -0.151. The molecule has 1 heterocycles. The number of nitrogens with zero attached hydrogens (tertiary/aromatic N) is 2. The van der Waals surface area contributed by atoms with Crippen molar-refractivity contribution in [3.05, 3.63) is 29.8 Å². The van der Waals surface area contributed by atoms with Crippen molar-refractivity contribution in [1.82, 2.24) is 4.90 Å². The molecule has 0 radical (unpaired) electrons. The Kier molecular flexibility index (Phi) is 6.74. The van der Waals surface area contributed by atoms with Gasteiger partial charge in [0.25, 0.3) is 5.91 Å². The molecule has 0 aromatic heterocycles. The molecule has 2 amide bonds. The SMILES string of the molecule is COc1cc(/C=C/C(=O)OCC(=O)N2CCCC2=O)ccc1OCC#N. The van der Waals surface area contributed by atoms with E-state index in [-0.39, 0.29) is 12.5 Å². The number of hydrogen-bond donors (Lipinski definition) is 0. The maximum Gasteiger partial charge on any atom is 0.331 e. The number of rotatable bonds is 7. The Hall–Kier alpha value is -3.34. The van der Waals surface area contributed by atoms with Crippen molar-refractivity contribution >= 4 is 23.9 Å². The molecule has 26 heavy (non-hydrogen) atoms. The summed E-state index contributed by atoms with van der Waals surface area (Å²) in [5.41, 5.74) is 0.643. The molecule has 0 bridgehead atoms. The number of carbonyl (C=O) groups is 3. The molecule has 0 aliphatic carbocycles. The maximum absolute atomic E-state index is 11.8.